The molecule has 0 aromatic heterocycles. The molecule has 1 aliphatic rings. The molecular formula is C16H24ClN. The molecule has 2 heteroatoms. The first-order valence-corrected chi connectivity index (χ1v) is 7.53. The van der Waals surface area contributed by atoms with Gasteiger partial charge in [0, 0.05) is 11.1 Å². The van der Waals surface area contributed by atoms with E-state index in [2.05, 4.69) is 37.4 Å². The van der Waals surface area contributed by atoms with E-state index in [0.717, 1.165) is 17.5 Å². The average molecular weight is 266 g/mol. The standard InChI is InChI=1S/C16H24ClN/c1-12(2)18-11-14-6-3-4-9-16(14)13-7-5-8-15(17)10-13/h5,7-8,10,12,14,16,18H,3-4,6,9,11H2,1-2H3. The lowest BCUT2D eigenvalue weighted by atomic mass is 9.75. The number of hydrogen-bond donors (Lipinski definition) is 1. The van der Waals surface area contributed by atoms with Crippen LogP contribution in [0.2, 0.25) is 5.02 Å². The van der Waals surface area contributed by atoms with E-state index in [4.69, 9.17) is 11.6 Å². The molecule has 18 heavy (non-hydrogen) atoms. The molecule has 1 nitrogen and oxygen atoms in total. The summed E-state index contributed by atoms with van der Waals surface area (Å²) < 4.78 is 0. The second kappa shape index (κ2) is 6.58. The van der Waals surface area contributed by atoms with Gasteiger partial charge in [-0.2, -0.15) is 0 Å². The molecule has 0 heterocycles. The van der Waals surface area contributed by atoms with Crippen LogP contribution < -0.4 is 5.32 Å². The molecule has 100 valence electrons. The monoisotopic (exact) mass is 265 g/mol. The van der Waals surface area contributed by atoms with Crippen molar-refractivity contribution in [3.05, 3.63) is 34.9 Å². The molecule has 2 atom stereocenters. The fraction of sp³-hybridized carbons (Fsp3) is 0.625. The Hall–Kier alpha value is -0.530. The van der Waals surface area contributed by atoms with E-state index in [1.54, 1.807) is 0 Å². The first kappa shape index (κ1) is 13.9. The van der Waals surface area contributed by atoms with Gasteiger partial charge in [-0.1, -0.05) is 50.4 Å². The summed E-state index contributed by atoms with van der Waals surface area (Å²) in [5.41, 5.74) is 1.43. The van der Waals surface area contributed by atoms with Gasteiger partial charge in [-0.25, -0.2) is 0 Å². The van der Waals surface area contributed by atoms with Gasteiger partial charge in [0.2, 0.25) is 0 Å². The van der Waals surface area contributed by atoms with Gasteiger partial charge in [0.05, 0.1) is 0 Å². The van der Waals surface area contributed by atoms with Crippen LogP contribution >= 0.6 is 11.6 Å². The highest BCUT2D eigenvalue weighted by Crippen LogP contribution is 2.38. The zero-order valence-electron chi connectivity index (χ0n) is 11.5. The van der Waals surface area contributed by atoms with Gasteiger partial charge in [0.1, 0.15) is 0 Å². The lowest BCUT2D eigenvalue weighted by molar-refractivity contribution is 0.289. The van der Waals surface area contributed by atoms with E-state index in [9.17, 15) is 0 Å². The lowest BCUT2D eigenvalue weighted by Gasteiger charge is -2.33. The Morgan fingerprint density at radius 3 is 2.78 bits per heavy atom. The maximum Gasteiger partial charge on any atom is 0.0408 e. The van der Waals surface area contributed by atoms with Crippen molar-refractivity contribution in [3.63, 3.8) is 0 Å². The zero-order valence-corrected chi connectivity index (χ0v) is 12.2. The third-order valence-corrected chi connectivity index (χ3v) is 4.21. The Labute approximate surface area is 116 Å². The molecule has 1 N–H and O–H groups in total. The van der Waals surface area contributed by atoms with E-state index >= 15 is 0 Å². The smallest absolute Gasteiger partial charge is 0.0408 e. The Balaban J connectivity index is 2.07. The first-order chi connectivity index (χ1) is 8.66. The normalized spacial score (nSPS) is 24.4. The van der Waals surface area contributed by atoms with E-state index in [-0.39, 0.29) is 0 Å². The van der Waals surface area contributed by atoms with Crippen LogP contribution in [0, 0.1) is 5.92 Å². The van der Waals surface area contributed by atoms with Crippen LogP contribution in [0.1, 0.15) is 51.0 Å². The van der Waals surface area contributed by atoms with Crippen LogP contribution in [-0.4, -0.2) is 12.6 Å². The summed E-state index contributed by atoms with van der Waals surface area (Å²) in [6, 6.07) is 9.02. The van der Waals surface area contributed by atoms with Gasteiger partial charge in [-0.3, -0.25) is 0 Å². The summed E-state index contributed by atoms with van der Waals surface area (Å²) in [5, 5.41) is 4.47. The van der Waals surface area contributed by atoms with Crippen molar-refractivity contribution in [2.24, 2.45) is 5.92 Å². The third-order valence-electron chi connectivity index (χ3n) is 3.97. The molecule has 0 radical (unpaired) electrons. The molecule has 2 unspecified atom stereocenters. The fourth-order valence-electron chi connectivity index (χ4n) is 3.02. The van der Waals surface area contributed by atoms with Crippen LogP contribution in [0.15, 0.2) is 24.3 Å². The number of halogens is 1. The van der Waals surface area contributed by atoms with Crippen molar-refractivity contribution in [2.75, 3.05) is 6.54 Å². The Morgan fingerprint density at radius 1 is 1.28 bits per heavy atom. The topological polar surface area (TPSA) is 12.0 Å². The molecule has 2 rings (SSSR count). The van der Waals surface area contributed by atoms with Crippen molar-refractivity contribution in [1.82, 2.24) is 5.32 Å². The summed E-state index contributed by atoms with van der Waals surface area (Å²) in [6.45, 7) is 5.57. The third kappa shape index (κ3) is 3.73. The minimum Gasteiger partial charge on any atom is -0.314 e. The maximum atomic E-state index is 6.12. The van der Waals surface area contributed by atoms with Crippen LogP contribution in [0.4, 0.5) is 0 Å². The second-order valence-electron chi connectivity index (χ2n) is 5.77. The molecular weight excluding hydrogens is 242 g/mol. The summed E-state index contributed by atoms with van der Waals surface area (Å²) in [5.74, 6) is 1.45. The Bertz CT molecular complexity index is 375. The van der Waals surface area contributed by atoms with Crippen molar-refractivity contribution >= 4 is 11.6 Å². The highest BCUT2D eigenvalue weighted by atomic mass is 35.5. The Morgan fingerprint density at radius 2 is 2.06 bits per heavy atom. The van der Waals surface area contributed by atoms with E-state index < -0.39 is 0 Å². The number of nitrogens with one attached hydrogen (secondary N) is 1. The second-order valence-corrected chi connectivity index (χ2v) is 6.21. The molecule has 0 saturated heterocycles. The first-order valence-electron chi connectivity index (χ1n) is 7.15. The van der Waals surface area contributed by atoms with Crippen molar-refractivity contribution in [1.29, 1.82) is 0 Å². The van der Waals surface area contributed by atoms with E-state index in [1.807, 2.05) is 6.07 Å². The quantitative estimate of drug-likeness (QED) is 0.838. The summed E-state index contributed by atoms with van der Waals surface area (Å²) in [4.78, 5) is 0. The van der Waals surface area contributed by atoms with Crippen LogP contribution in [-0.2, 0) is 0 Å². The van der Waals surface area contributed by atoms with Gasteiger partial charge >= 0.3 is 0 Å². The van der Waals surface area contributed by atoms with Crippen molar-refractivity contribution in [2.45, 2.75) is 51.5 Å². The number of hydrogen-bond acceptors (Lipinski definition) is 1. The van der Waals surface area contributed by atoms with E-state index in [1.165, 1.54) is 31.2 Å². The average Bonchev–Trinajstić information content (AvgIpc) is 2.36. The minimum atomic E-state index is 0.576. The van der Waals surface area contributed by atoms with Crippen LogP contribution in [0.25, 0.3) is 0 Å². The molecule has 0 aliphatic heterocycles. The largest absolute Gasteiger partial charge is 0.314 e. The highest BCUT2D eigenvalue weighted by Gasteiger charge is 2.26. The maximum absolute atomic E-state index is 6.12. The van der Waals surface area contributed by atoms with Gasteiger partial charge in [0.15, 0.2) is 0 Å². The molecule has 1 fully saturated rings. The minimum absolute atomic E-state index is 0.576. The molecule has 1 aromatic carbocycles. The molecule has 0 amide bonds. The number of benzene rings is 1. The lowest BCUT2D eigenvalue weighted by Crippen LogP contribution is -2.33. The van der Waals surface area contributed by atoms with Gasteiger partial charge in [-0.15, -0.1) is 0 Å². The molecule has 1 saturated carbocycles. The molecule has 0 spiro atoms. The van der Waals surface area contributed by atoms with Crippen LogP contribution in [0.3, 0.4) is 0 Å². The summed E-state index contributed by atoms with van der Waals surface area (Å²) in [7, 11) is 0. The molecule has 1 aromatic rings. The van der Waals surface area contributed by atoms with Gasteiger partial charge < -0.3 is 5.32 Å². The SMILES string of the molecule is CC(C)NCC1CCCCC1c1cccc(Cl)c1. The Kier molecular flexibility index (Phi) is 5.08. The van der Waals surface area contributed by atoms with Crippen molar-refractivity contribution in [3.8, 4) is 0 Å². The molecule has 0 bridgehead atoms. The summed E-state index contributed by atoms with van der Waals surface area (Å²) >= 11 is 6.12. The van der Waals surface area contributed by atoms with Crippen LogP contribution in [0.5, 0.6) is 0 Å². The van der Waals surface area contributed by atoms with Gasteiger partial charge in [-0.05, 0) is 48.9 Å². The van der Waals surface area contributed by atoms with Crippen molar-refractivity contribution < 1.29 is 0 Å². The predicted molar refractivity (Wildman–Crippen MR) is 79.3 cm³/mol. The molecule has 1 aliphatic carbocycles. The summed E-state index contributed by atoms with van der Waals surface area (Å²) in [6.07, 6.45) is 5.39. The fourth-order valence-corrected chi connectivity index (χ4v) is 3.21. The predicted octanol–water partition coefficient (Wildman–Crippen LogP) is 4.61. The zero-order chi connectivity index (χ0) is 13.0. The van der Waals surface area contributed by atoms with Gasteiger partial charge in [0.25, 0.3) is 0 Å². The number of rotatable bonds is 4. The highest BCUT2D eigenvalue weighted by molar-refractivity contribution is 6.30. The van der Waals surface area contributed by atoms with E-state index in [0.29, 0.717) is 12.0 Å².